The van der Waals surface area contributed by atoms with E-state index in [0.717, 1.165) is 22.5 Å². The fraction of sp³-hybridized carbons (Fsp3) is 0. The van der Waals surface area contributed by atoms with Crippen LogP contribution >= 0.6 is 0 Å². The van der Waals surface area contributed by atoms with Crippen molar-refractivity contribution in [3.63, 3.8) is 0 Å². The zero-order valence-electron chi connectivity index (χ0n) is 19.5. The molecule has 0 amide bonds. The first-order chi connectivity index (χ1) is 17.8. The summed E-state index contributed by atoms with van der Waals surface area (Å²) in [6.45, 7) is 1.90. The van der Waals surface area contributed by atoms with Gasteiger partial charge in [-0.3, -0.25) is 19.9 Å². The minimum Gasteiger partial charge on any atom is -0.506 e. The molecule has 0 aliphatic carbocycles. The molecule has 2 aromatic heterocycles. The van der Waals surface area contributed by atoms with Crippen LogP contribution in [-0.2, 0) is 20.1 Å². The smallest absolute Gasteiger partial charge is 0.506 e. The molecular formula is C29H21IrN6O. The normalized spacial score (nSPS) is 11.9. The van der Waals surface area contributed by atoms with Crippen molar-refractivity contribution in [1.29, 1.82) is 0 Å². The zero-order valence-corrected chi connectivity index (χ0v) is 21.9. The van der Waals surface area contributed by atoms with Crippen LogP contribution in [-0.4, -0.2) is 25.0 Å². The summed E-state index contributed by atoms with van der Waals surface area (Å²) in [5.74, 6) is 1.56. The van der Waals surface area contributed by atoms with Gasteiger partial charge in [0.15, 0.2) is 0 Å². The second kappa shape index (κ2) is 12.5. The van der Waals surface area contributed by atoms with Crippen LogP contribution in [0, 0.1) is 18.8 Å². The molecular weight excluding hydrogens is 641 g/mol. The number of benzene rings is 3. The van der Waals surface area contributed by atoms with Gasteiger partial charge < -0.3 is 14.9 Å². The molecule has 5 aromatic rings. The second-order valence-electron chi connectivity index (χ2n) is 7.59. The van der Waals surface area contributed by atoms with Gasteiger partial charge in [-0.25, -0.2) is 0 Å². The third-order valence-electron chi connectivity index (χ3n) is 5.18. The average molecular weight is 662 g/mol. The first-order valence-electron chi connectivity index (χ1n) is 11.2. The number of rotatable bonds is 4. The maximum atomic E-state index is 9.81. The summed E-state index contributed by atoms with van der Waals surface area (Å²) in [5, 5.41) is 9.81. The molecule has 7 nitrogen and oxygen atoms in total. The van der Waals surface area contributed by atoms with E-state index < -0.39 is 0 Å². The van der Waals surface area contributed by atoms with Crippen LogP contribution in [0.1, 0.15) is 0 Å². The van der Waals surface area contributed by atoms with E-state index >= 15 is 0 Å². The number of hydrogen-bond acceptors (Lipinski definition) is 7. The standard InChI is InChI=1S/C15H12N2O.C14H9N4.Ir/c18-15-9-5-4-8-14(15)17-11-10-16(12-17)13-6-2-1-3-7-13;1-4-11(13-15-6-2-7-16-13)10-12(5-1)14-17-8-3-9-18-14;/h1-6,8-12,18H;1-9H;/q-2;-1;+3. The Labute approximate surface area is 229 Å². The Morgan fingerprint density at radius 3 is 1.84 bits per heavy atom. The van der Waals surface area contributed by atoms with E-state index in [0.29, 0.717) is 11.6 Å². The first-order valence-corrected chi connectivity index (χ1v) is 11.2. The fourth-order valence-corrected chi connectivity index (χ4v) is 3.47. The first kappa shape index (κ1) is 25.7. The molecule has 1 aliphatic rings. The fourth-order valence-electron chi connectivity index (χ4n) is 3.47. The summed E-state index contributed by atoms with van der Waals surface area (Å²) in [6.07, 6.45) is 10.7. The van der Waals surface area contributed by atoms with Crippen LogP contribution in [0.5, 0.6) is 5.75 Å². The van der Waals surface area contributed by atoms with Gasteiger partial charge in [0.2, 0.25) is 0 Å². The summed E-state index contributed by atoms with van der Waals surface area (Å²) in [4.78, 5) is 20.6. The average Bonchev–Trinajstić information content (AvgIpc) is 3.45. The summed E-state index contributed by atoms with van der Waals surface area (Å²) < 4.78 is 0. The van der Waals surface area contributed by atoms with Crippen molar-refractivity contribution >= 4 is 11.4 Å². The predicted octanol–water partition coefficient (Wildman–Crippen LogP) is 5.51. The van der Waals surface area contributed by atoms with Gasteiger partial charge in [0.05, 0.1) is 17.3 Å². The molecule has 6 rings (SSSR count). The maximum absolute atomic E-state index is 9.81. The quantitative estimate of drug-likeness (QED) is 0.255. The van der Waals surface area contributed by atoms with Crippen molar-refractivity contribution in [1.82, 2.24) is 19.9 Å². The minimum absolute atomic E-state index is 0. The van der Waals surface area contributed by atoms with Gasteiger partial charge in [0.1, 0.15) is 5.75 Å². The summed E-state index contributed by atoms with van der Waals surface area (Å²) in [6, 6.07) is 30.7. The van der Waals surface area contributed by atoms with Crippen molar-refractivity contribution in [3.8, 4) is 28.5 Å². The number of phenolic OH excluding ortho intramolecular Hbond substituents is 1. The number of aromatic nitrogens is 4. The molecule has 0 fully saturated rings. The molecule has 8 heteroatoms. The van der Waals surface area contributed by atoms with Crippen molar-refractivity contribution in [2.45, 2.75) is 0 Å². The molecule has 1 aliphatic heterocycles. The molecule has 1 N–H and O–H groups in total. The van der Waals surface area contributed by atoms with Crippen molar-refractivity contribution in [2.24, 2.45) is 0 Å². The summed E-state index contributed by atoms with van der Waals surface area (Å²) in [5.41, 5.74) is 3.39. The number of aromatic hydroxyl groups is 1. The Kier molecular flexibility index (Phi) is 8.70. The number of nitrogens with zero attached hydrogens (tertiary/aromatic N) is 6. The molecule has 3 heterocycles. The molecule has 0 saturated heterocycles. The van der Waals surface area contributed by atoms with Gasteiger partial charge in [-0.2, -0.15) is 30.3 Å². The van der Waals surface area contributed by atoms with Crippen LogP contribution in [0.25, 0.3) is 22.8 Å². The third-order valence-corrected chi connectivity index (χ3v) is 5.18. The van der Waals surface area contributed by atoms with E-state index in [1.807, 2.05) is 83.5 Å². The zero-order chi connectivity index (χ0) is 24.6. The molecule has 0 atom stereocenters. The predicted molar refractivity (Wildman–Crippen MR) is 139 cm³/mol. The molecule has 37 heavy (non-hydrogen) atoms. The number of anilines is 2. The van der Waals surface area contributed by atoms with Crippen LogP contribution in [0.4, 0.5) is 11.4 Å². The molecule has 0 unspecified atom stereocenters. The van der Waals surface area contributed by atoms with E-state index in [1.54, 1.807) is 49.1 Å². The van der Waals surface area contributed by atoms with Crippen molar-refractivity contribution < 1.29 is 25.2 Å². The Morgan fingerprint density at radius 2 is 1.24 bits per heavy atom. The van der Waals surface area contributed by atoms with Crippen molar-refractivity contribution in [2.75, 3.05) is 9.80 Å². The van der Waals surface area contributed by atoms with E-state index in [-0.39, 0.29) is 25.9 Å². The number of phenols is 1. The third kappa shape index (κ3) is 6.44. The molecule has 0 spiro atoms. The summed E-state index contributed by atoms with van der Waals surface area (Å²) in [7, 11) is 0. The Balaban J connectivity index is 0.000000168. The van der Waals surface area contributed by atoms with Gasteiger partial charge in [-0.15, -0.1) is 36.6 Å². The molecule has 3 aromatic carbocycles. The van der Waals surface area contributed by atoms with E-state index in [2.05, 4.69) is 32.1 Å². The van der Waals surface area contributed by atoms with E-state index in [1.165, 1.54) is 0 Å². The molecule has 0 radical (unpaired) electrons. The SMILES string of the molecule is Oc1ccccc1N1C=CN(c2[c-]cccc2)[CH-]1.[Ir+3].[c-]1c(-c2ncccn2)cccc1-c1ncccn1. The largest absolute Gasteiger partial charge is 3.00 e. The van der Waals surface area contributed by atoms with Crippen LogP contribution in [0.3, 0.4) is 0 Å². The monoisotopic (exact) mass is 662 g/mol. The maximum Gasteiger partial charge on any atom is 3.00 e. The Morgan fingerprint density at radius 1 is 0.649 bits per heavy atom. The second-order valence-corrected chi connectivity index (χ2v) is 7.59. The van der Waals surface area contributed by atoms with E-state index in [4.69, 9.17) is 0 Å². The van der Waals surface area contributed by atoms with Gasteiger partial charge in [0, 0.05) is 24.8 Å². The van der Waals surface area contributed by atoms with Gasteiger partial charge in [-0.1, -0.05) is 23.3 Å². The van der Waals surface area contributed by atoms with Crippen molar-refractivity contribution in [3.05, 3.63) is 135 Å². The van der Waals surface area contributed by atoms with Gasteiger partial charge >= 0.3 is 20.1 Å². The molecule has 0 saturated carbocycles. The Bertz CT molecular complexity index is 1380. The topological polar surface area (TPSA) is 78.3 Å². The van der Waals surface area contributed by atoms with Gasteiger partial charge in [0.25, 0.3) is 0 Å². The Hall–Kier alpha value is -4.39. The molecule has 182 valence electrons. The van der Waals surface area contributed by atoms with Crippen LogP contribution in [0.15, 0.2) is 116 Å². The number of hydrogen-bond donors (Lipinski definition) is 1. The van der Waals surface area contributed by atoms with E-state index in [9.17, 15) is 5.11 Å². The molecule has 0 bridgehead atoms. The summed E-state index contributed by atoms with van der Waals surface area (Å²) >= 11 is 0. The van der Waals surface area contributed by atoms with Crippen LogP contribution < -0.4 is 9.80 Å². The minimum atomic E-state index is 0. The van der Waals surface area contributed by atoms with Crippen LogP contribution in [0.2, 0.25) is 0 Å². The van der Waals surface area contributed by atoms with Gasteiger partial charge in [-0.05, 0) is 36.7 Å². The number of para-hydroxylation sites is 3.